The maximum absolute atomic E-state index is 11.6. The van der Waals surface area contributed by atoms with Crippen LogP contribution >= 0.6 is 0 Å². The summed E-state index contributed by atoms with van der Waals surface area (Å²) in [4.78, 5) is 0. The van der Waals surface area contributed by atoms with E-state index in [2.05, 4.69) is 19.9 Å². The highest BCUT2D eigenvalue weighted by Crippen LogP contribution is 2.68. The highest BCUT2D eigenvalue weighted by molar-refractivity contribution is 5.26. The summed E-state index contributed by atoms with van der Waals surface area (Å²) in [5.74, 6) is 1.89. The number of allylic oxidation sites excluding steroid dienone is 1. The molecule has 3 saturated carbocycles. The maximum Gasteiger partial charge on any atom is 0.0731 e. The van der Waals surface area contributed by atoms with Gasteiger partial charge in [0.25, 0.3) is 0 Å². The number of rotatable bonds is 2. The second-order valence-electron chi connectivity index (χ2n) is 11.2. The predicted octanol–water partition coefficient (Wildman–Crippen LogP) is 4.20. The van der Waals surface area contributed by atoms with Gasteiger partial charge in [0.15, 0.2) is 0 Å². The molecule has 7 unspecified atom stereocenters. The Bertz CT molecular complexity index is 605. The standard InChI is InChI=1S/C23H38O3/c1-20(2,25)14-23(26)12-9-19-17-6-5-15-13-16(24)7-10-21(15,3)18(17)8-11-22(19,23)4/h5,16-19,24-26H,6-14H2,1-4H3. The van der Waals surface area contributed by atoms with Crippen molar-refractivity contribution in [1.82, 2.24) is 0 Å². The first-order valence-electron chi connectivity index (χ1n) is 10.8. The first-order chi connectivity index (χ1) is 12.0. The van der Waals surface area contributed by atoms with Crippen molar-refractivity contribution in [2.75, 3.05) is 0 Å². The van der Waals surface area contributed by atoms with Gasteiger partial charge < -0.3 is 15.3 Å². The summed E-state index contributed by atoms with van der Waals surface area (Å²) in [5.41, 5.74) is 0.110. The monoisotopic (exact) mass is 362 g/mol. The zero-order valence-electron chi connectivity index (χ0n) is 17.1. The Hall–Kier alpha value is -0.380. The van der Waals surface area contributed by atoms with Gasteiger partial charge in [-0.2, -0.15) is 0 Å². The zero-order chi connectivity index (χ0) is 19.0. The molecule has 7 atom stereocenters. The molecule has 0 aromatic carbocycles. The number of fused-ring (bicyclic) bond motifs is 5. The molecule has 0 heterocycles. The molecule has 3 fully saturated rings. The Balaban J connectivity index is 1.64. The van der Waals surface area contributed by atoms with Crippen LogP contribution in [0.1, 0.15) is 85.5 Å². The molecule has 4 rings (SSSR count). The normalized spacial score (nSPS) is 51.3. The SMILES string of the molecule is CC(C)(O)CC1(O)CCC2C3CC=C4CC(O)CCC4(C)C3CCC21C. The molecular formula is C23H38O3. The van der Waals surface area contributed by atoms with E-state index in [9.17, 15) is 15.3 Å². The second-order valence-corrected chi connectivity index (χ2v) is 11.2. The molecule has 26 heavy (non-hydrogen) atoms. The molecule has 0 radical (unpaired) electrons. The van der Waals surface area contributed by atoms with Gasteiger partial charge in [0.1, 0.15) is 0 Å². The Labute approximate surface area is 158 Å². The van der Waals surface area contributed by atoms with Gasteiger partial charge in [-0.25, -0.2) is 0 Å². The van der Waals surface area contributed by atoms with Crippen molar-refractivity contribution in [2.45, 2.75) is 103 Å². The highest BCUT2D eigenvalue weighted by Gasteiger charge is 2.64. The van der Waals surface area contributed by atoms with Gasteiger partial charge >= 0.3 is 0 Å². The van der Waals surface area contributed by atoms with Crippen LogP contribution in [0.15, 0.2) is 11.6 Å². The van der Waals surface area contributed by atoms with E-state index in [1.54, 1.807) is 0 Å². The van der Waals surface area contributed by atoms with Gasteiger partial charge in [-0.05, 0) is 93.8 Å². The third kappa shape index (κ3) is 2.64. The summed E-state index contributed by atoms with van der Waals surface area (Å²) in [6.45, 7) is 8.41. The lowest BCUT2D eigenvalue weighted by Crippen LogP contribution is -2.56. The molecule has 3 N–H and O–H groups in total. The minimum Gasteiger partial charge on any atom is -0.393 e. The fraction of sp³-hybridized carbons (Fsp3) is 0.913. The van der Waals surface area contributed by atoms with Crippen LogP contribution in [-0.2, 0) is 0 Å². The van der Waals surface area contributed by atoms with Crippen LogP contribution < -0.4 is 0 Å². The van der Waals surface area contributed by atoms with E-state index in [1.807, 2.05) is 13.8 Å². The minimum atomic E-state index is -0.825. The van der Waals surface area contributed by atoms with Crippen molar-refractivity contribution in [3.05, 3.63) is 11.6 Å². The van der Waals surface area contributed by atoms with Crippen LogP contribution in [-0.4, -0.2) is 32.6 Å². The van der Waals surface area contributed by atoms with Crippen LogP contribution in [0.5, 0.6) is 0 Å². The second kappa shape index (κ2) is 5.81. The summed E-state index contributed by atoms with van der Waals surface area (Å²) in [5, 5.41) is 32.1. The van der Waals surface area contributed by atoms with Gasteiger partial charge in [-0.3, -0.25) is 0 Å². The smallest absolute Gasteiger partial charge is 0.0731 e. The Morgan fingerprint density at radius 2 is 1.77 bits per heavy atom. The molecule has 0 aliphatic heterocycles. The van der Waals surface area contributed by atoms with Crippen molar-refractivity contribution >= 4 is 0 Å². The molecule has 4 aliphatic rings. The largest absolute Gasteiger partial charge is 0.393 e. The first-order valence-corrected chi connectivity index (χ1v) is 10.8. The van der Waals surface area contributed by atoms with Crippen LogP contribution in [0.25, 0.3) is 0 Å². The van der Waals surface area contributed by atoms with E-state index in [1.165, 1.54) is 12.0 Å². The van der Waals surface area contributed by atoms with Gasteiger partial charge in [-0.15, -0.1) is 0 Å². The molecule has 0 saturated heterocycles. The highest BCUT2D eigenvalue weighted by atomic mass is 16.3. The number of aliphatic hydroxyl groups excluding tert-OH is 1. The lowest BCUT2D eigenvalue weighted by Gasteiger charge is -2.59. The molecule has 0 bridgehead atoms. The maximum atomic E-state index is 11.6. The van der Waals surface area contributed by atoms with Gasteiger partial charge in [0.05, 0.1) is 17.3 Å². The molecule has 3 heteroatoms. The van der Waals surface area contributed by atoms with Crippen molar-refractivity contribution in [2.24, 2.45) is 28.6 Å². The fourth-order valence-corrected chi connectivity index (χ4v) is 7.76. The summed E-state index contributed by atoms with van der Waals surface area (Å²) in [6.07, 6.45) is 11.0. The van der Waals surface area contributed by atoms with Crippen LogP contribution in [0, 0.1) is 28.6 Å². The number of hydrogen-bond acceptors (Lipinski definition) is 3. The van der Waals surface area contributed by atoms with E-state index in [0.29, 0.717) is 24.2 Å². The third-order valence-electron chi connectivity index (χ3n) is 9.12. The average molecular weight is 363 g/mol. The molecule has 148 valence electrons. The van der Waals surface area contributed by atoms with E-state index in [4.69, 9.17) is 0 Å². The molecule has 0 aromatic heterocycles. The zero-order valence-corrected chi connectivity index (χ0v) is 17.1. The molecule has 0 amide bonds. The summed E-state index contributed by atoms with van der Waals surface area (Å²) >= 11 is 0. The van der Waals surface area contributed by atoms with Gasteiger partial charge in [0, 0.05) is 6.42 Å². The first kappa shape index (κ1) is 19.0. The van der Waals surface area contributed by atoms with Crippen LogP contribution in [0.2, 0.25) is 0 Å². The molecule has 0 spiro atoms. The summed E-state index contributed by atoms with van der Waals surface area (Å²) in [6, 6.07) is 0. The molecule has 4 aliphatic carbocycles. The quantitative estimate of drug-likeness (QED) is 0.645. The summed E-state index contributed by atoms with van der Waals surface area (Å²) < 4.78 is 0. The lowest BCUT2D eigenvalue weighted by molar-refractivity contribution is -0.150. The van der Waals surface area contributed by atoms with Crippen molar-refractivity contribution in [3.8, 4) is 0 Å². The Morgan fingerprint density at radius 3 is 2.46 bits per heavy atom. The van der Waals surface area contributed by atoms with Gasteiger partial charge in [0.2, 0.25) is 0 Å². The summed E-state index contributed by atoms with van der Waals surface area (Å²) in [7, 11) is 0. The van der Waals surface area contributed by atoms with Crippen molar-refractivity contribution < 1.29 is 15.3 Å². The van der Waals surface area contributed by atoms with Gasteiger partial charge in [-0.1, -0.05) is 25.5 Å². The molecule has 3 nitrogen and oxygen atoms in total. The molecular weight excluding hydrogens is 324 g/mol. The van der Waals surface area contributed by atoms with E-state index >= 15 is 0 Å². The number of hydrogen-bond donors (Lipinski definition) is 3. The van der Waals surface area contributed by atoms with E-state index in [0.717, 1.165) is 44.9 Å². The van der Waals surface area contributed by atoms with Crippen LogP contribution in [0.4, 0.5) is 0 Å². The lowest BCUT2D eigenvalue weighted by atomic mass is 9.46. The third-order valence-corrected chi connectivity index (χ3v) is 9.12. The number of aliphatic hydroxyl groups is 3. The van der Waals surface area contributed by atoms with E-state index in [-0.39, 0.29) is 16.9 Å². The van der Waals surface area contributed by atoms with Crippen molar-refractivity contribution in [3.63, 3.8) is 0 Å². The predicted molar refractivity (Wildman–Crippen MR) is 104 cm³/mol. The van der Waals surface area contributed by atoms with Crippen LogP contribution in [0.3, 0.4) is 0 Å². The minimum absolute atomic E-state index is 0.0793. The van der Waals surface area contributed by atoms with Crippen molar-refractivity contribution in [1.29, 1.82) is 0 Å². The van der Waals surface area contributed by atoms with E-state index < -0.39 is 11.2 Å². The Morgan fingerprint density at radius 1 is 1.08 bits per heavy atom. The molecule has 0 aromatic rings. The fourth-order valence-electron chi connectivity index (χ4n) is 7.76. The average Bonchev–Trinajstić information content (AvgIpc) is 2.77. The Kier molecular flexibility index (Phi) is 4.24. The topological polar surface area (TPSA) is 60.7 Å².